The number of piperazine rings is 1. The zero-order chi connectivity index (χ0) is 24.9. The molecule has 0 radical (unpaired) electrons. The van der Waals surface area contributed by atoms with Crippen LogP contribution in [0.5, 0.6) is 5.75 Å². The summed E-state index contributed by atoms with van der Waals surface area (Å²) in [7, 11) is 1.67. The Morgan fingerprint density at radius 1 is 1.11 bits per heavy atom. The molecule has 1 fully saturated rings. The van der Waals surface area contributed by atoms with Crippen molar-refractivity contribution < 1.29 is 14.3 Å². The second-order valence-corrected chi connectivity index (χ2v) is 9.71. The first kappa shape index (κ1) is 22.4. The zero-order valence-electron chi connectivity index (χ0n) is 20.5. The molecule has 0 aliphatic carbocycles. The Balaban J connectivity index is 1.44. The summed E-state index contributed by atoms with van der Waals surface area (Å²) in [6.45, 7) is 3.65. The third-order valence-corrected chi connectivity index (χ3v) is 7.74. The number of rotatable bonds is 6. The van der Waals surface area contributed by atoms with Crippen LogP contribution in [-0.4, -0.2) is 62.9 Å². The average Bonchev–Trinajstić information content (AvgIpc) is 3.56. The number of aromatic amines is 1. The van der Waals surface area contributed by atoms with Crippen molar-refractivity contribution in [2.24, 2.45) is 0 Å². The Kier molecular flexibility index (Phi) is 5.32. The summed E-state index contributed by atoms with van der Waals surface area (Å²) in [5, 5.41) is 1.07. The summed E-state index contributed by atoms with van der Waals surface area (Å²) in [6.07, 6.45) is 6.16. The fraction of sp³-hybridized carbons (Fsp3) is 0.321. The zero-order valence-corrected chi connectivity index (χ0v) is 20.5. The minimum absolute atomic E-state index is 0.0380. The monoisotopic (exact) mass is 483 g/mol. The summed E-state index contributed by atoms with van der Waals surface area (Å²) in [5.41, 5.74) is 2.73. The molecule has 1 N–H and O–H groups in total. The van der Waals surface area contributed by atoms with Gasteiger partial charge in [-0.05, 0) is 31.0 Å². The highest BCUT2D eigenvalue weighted by atomic mass is 16.5. The first-order valence-corrected chi connectivity index (χ1v) is 12.3. The lowest BCUT2D eigenvalue weighted by molar-refractivity contribution is -0.166. The minimum atomic E-state index is -1.10. The average molecular weight is 484 g/mol. The second-order valence-electron chi connectivity index (χ2n) is 9.71. The molecule has 36 heavy (non-hydrogen) atoms. The van der Waals surface area contributed by atoms with E-state index >= 15 is 0 Å². The van der Waals surface area contributed by atoms with Crippen LogP contribution >= 0.6 is 0 Å². The van der Waals surface area contributed by atoms with Crippen LogP contribution in [0.25, 0.3) is 10.9 Å². The number of H-pyrrole nitrogens is 1. The van der Waals surface area contributed by atoms with Crippen molar-refractivity contribution in [2.75, 3.05) is 26.7 Å². The Morgan fingerprint density at radius 3 is 2.72 bits per heavy atom. The Bertz CT molecular complexity index is 1440. The number of para-hydroxylation sites is 2. The predicted molar refractivity (Wildman–Crippen MR) is 136 cm³/mol. The quantitative estimate of drug-likeness (QED) is 0.455. The molecule has 184 valence electrons. The van der Waals surface area contributed by atoms with Gasteiger partial charge >= 0.3 is 0 Å². The predicted octanol–water partition coefficient (Wildman–Crippen LogP) is 3.49. The van der Waals surface area contributed by atoms with Crippen LogP contribution in [0.3, 0.4) is 0 Å². The molecule has 4 heterocycles. The standard InChI is InChI=1S/C28H29N5O3/c1-28-26-25(20-9-3-5-10-22(20)30-26)21(19-8-4-6-11-23(19)36-2)16-33(28)24(34)17-32(27(28)35)14-7-13-31-15-12-29-18-31/h3-6,8-12,15,18,21,30H,7,13-14,16-17H2,1-2H3/t21-,28+/m1/s1. The van der Waals surface area contributed by atoms with E-state index in [4.69, 9.17) is 4.74 Å². The van der Waals surface area contributed by atoms with Gasteiger partial charge in [-0.3, -0.25) is 9.59 Å². The van der Waals surface area contributed by atoms with Crippen molar-refractivity contribution in [3.8, 4) is 5.75 Å². The van der Waals surface area contributed by atoms with Crippen molar-refractivity contribution in [3.63, 3.8) is 0 Å². The number of carbonyl (C=O) groups is 2. The van der Waals surface area contributed by atoms with Gasteiger partial charge in [-0.1, -0.05) is 36.4 Å². The third-order valence-electron chi connectivity index (χ3n) is 7.74. The molecule has 2 aliphatic heterocycles. The lowest BCUT2D eigenvalue weighted by atomic mass is 9.76. The molecule has 4 aromatic rings. The number of benzene rings is 2. The van der Waals surface area contributed by atoms with Crippen LogP contribution < -0.4 is 4.74 Å². The second kappa shape index (κ2) is 8.55. The molecule has 2 aromatic carbocycles. The Labute approximate surface area is 209 Å². The van der Waals surface area contributed by atoms with Crippen LogP contribution in [0.1, 0.15) is 36.1 Å². The molecule has 0 unspecified atom stereocenters. The highest BCUT2D eigenvalue weighted by Crippen LogP contribution is 2.49. The lowest BCUT2D eigenvalue weighted by Crippen LogP contribution is -2.67. The van der Waals surface area contributed by atoms with E-state index < -0.39 is 5.54 Å². The molecule has 2 aromatic heterocycles. The molecular weight excluding hydrogens is 454 g/mol. The number of carbonyl (C=O) groups excluding carboxylic acids is 2. The molecule has 0 bridgehead atoms. The van der Waals surface area contributed by atoms with Gasteiger partial charge in [0.1, 0.15) is 5.75 Å². The van der Waals surface area contributed by atoms with Gasteiger partial charge in [-0.15, -0.1) is 0 Å². The van der Waals surface area contributed by atoms with E-state index in [9.17, 15) is 9.59 Å². The normalized spacial score (nSPS) is 21.6. The number of hydrogen-bond acceptors (Lipinski definition) is 4. The molecule has 0 spiro atoms. The molecule has 2 amide bonds. The number of aromatic nitrogens is 3. The minimum Gasteiger partial charge on any atom is -0.496 e. The summed E-state index contributed by atoms with van der Waals surface area (Å²) < 4.78 is 7.69. The number of imidazole rings is 1. The van der Waals surface area contributed by atoms with Gasteiger partial charge in [0, 0.05) is 54.4 Å². The topological polar surface area (TPSA) is 83.5 Å². The maximum Gasteiger partial charge on any atom is 0.254 e. The van der Waals surface area contributed by atoms with Crippen LogP contribution in [-0.2, 0) is 21.7 Å². The molecule has 2 atom stereocenters. The van der Waals surface area contributed by atoms with Gasteiger partial charge in [0.25, 0.3) is 5.91 Å². The van der Waals surface area contributed by atoms with Crippen molar-refractivity contribution in [1.82, 2.24) is 24.3 Å². The number of methoxy groups -OCH3 is 1. The molecule has 2 aliphatic rings. The van der Waals surface area contributed by atoms with Gasteiger partial charge in [0.2, 0.25) is 5.91 Å². The maximum atomic E-state index is 14.1. The number of aryl methyl sites for hydroxylation is 1. The van der Waals surface area contributed by atoms with E-state index in [1.165, 1.54) is 0 Å². The van der Waals surface area contributed by atoms with Crippen LogP contribution in [0.15, 0.2) is 67.3 Å². The van der Waals surface area contributed by atoms with E-state index in [2.05, 4.69) is 22.1 Å². The fourth-order valence-corrected chi connectivity index (χ4v) is 5.95. The van der Waals surface area contributed by atoms with E-state index in [1.54, 1.807) is 29.4 Å². The number of ether oxygens (including phenoxy) is 1. The van der Waals surface area contributed by atoms with Crippen molar-refractivity contribution >= 4 is 22.7 Å². The van der Waals surface area contributed by atoms with Gasteiger partial charge < -0.3 is 24.1 Å². The SMILES string of the molecule is COc1ccccc1[C@H]1CN2C(=O)CN(CCCn3ccnc3)C(=O)[C@]2(C)c2[nH]c3ccccc3c21. The van der Waals surface area contributed by atoms with Gasteiger partial charge in [0.05, 0.1) is 25.7 Å². The molecule has 1 saturated heterocycles. The van der Waals surface area contributed by atoms with E-state index in [0.717, 1.165) is 46.4 Å². The van der Waals surface area contributed by atoms with Gasteiger partial charge in [-0.2, -0.15) is 0 Å². The molecular formula is C28H29N5O3. The van der Waals surface area contributed by atoms with Crippen molar-refractivity contribution in [2.45, 2.75) is 31.3 Å². The van der Waals surface area contributed by atoms with Crippen LogP contribution in [0.4, 0.5) is 0 Å². The van der Waals surface area contributed by atoms with E-state index in [1.807, 2.05) is 54.1 Å². The first-order valence-electron chi connectivity index (χ1n) is 12.3. The third kappa shape index (κ3) is 3.31. The fourth-order valence-electron chi connectivity index (χ4n) is 5.95. The summed E-state index contributed by atoms with van der Waals surface area (Å²) in [5.74, 6) is 0.576. The van der Waals surface area contributed by atoms with E-state index in [-0.39, 0.29) is 24.3 Å². The van der Waals surface area contributed by atoms with Crippen molar-refractivity contribution in [3.05, 3.63) is 84.1 Å². The molecule has 0 saturated carbocycles. The summed E-state index contributed by atoms with van der Waals surface area (Å²) >= 11 is 0. The largest absolute Gasteiger partial charge is 0.496 e. The smallest absolute Gasteiger partial charge is 0.254 e. The Morgan fingerprint density at radius 2 is 1.92 bits per heavy atom. The number of amides is 2. The van der Waals surface area contributed by atoms with E-state index in [0.29, 0.717) is 13.1 Å². The number of hydrogen-bond donors (Lipinski definition) is 1. The summed E-state index contributed by atoms with van der Waals surface area (Å²) in [6, 6.07) is 16.1. The van der Waals surface area contributed by atoms with Gasteiger partial charge in [0.15, 0.2) is 5.54 Å². The first-order chi connectivity index (χ1) is 17.5. The Hall–Kier alpha value is -4.07. The van der Waals surface area contributed by atoms with Crippen LogP contribution in [0.2, 0.25) is 0 Å². The highest BCUT2D eigenvalue weighted by Gasteiger charge is 2.56. The summed E-state index contributed by atoms with van der Waals surface area (Å²) in [4.78, 5) is 38.8. The number of nitrogens with one attached hydrogen (secondary N) is 1. The van der Waals surface area contributed by atoms with Crippen molar-refractivity contribution in [1.29, 1.82) is 0 Å². The number of fused-ring (bicyclic) bond motifs is 5. The maximum absolute atomic E-state index is 14.1. The highest BCUT2D eigenvalue weighted by molar-refractivity contribution is 6.01. The molecule has 8 heteroatoms. The number of nitrogens with zero attached hydrogens (tertiary/aromatic N) is 4. The molecule has 8 nitrogen and oxygen atoms in total. The molecule has 6 rings (SSSR count). The van der Waals surface area contributed by atoms with Gasteiger partial charge in [-0.25, -0.2) is 4.98 Å². The van der Waals surface area contributed by atoms with Crippen LogP contribution in [0, 0.1) is 0 Å². The lowest BCUT2D eigenvalue weighted by Gasteiger charge is -2.51.